The van der Waals surface area contributed by atoms with E-state index in [9.17, 15) is 4.79 Å². The molecule has 2 fully saturated rings. The fourth-order valence-corrected chi connectivity index (χ4v) is 3.75. The molecule has 0 aromatic carbocycles. The molecule has 0 spiro atoms. The molecule has 1 amide bonds. The lowest BCUT2D eigenvalue weighted by Gasteiger charge is -2.27. The molecule has 4 rings (SSSR count). The maximum atomic E-state index is 12.5. The second kappa shape index (κ2) is 5.11. The standard InChI is InChI=1S/C15H16N4OS/c20-14(19-7-10-4-5-11(10)8-19)12-9-21-15(17-12)18-13-3-1-2-6-16-13/h1-3,6,9-11H,4-5,7-8H2,(H,16,17,18)/t10-,11+. The lowest BCUT2D eigenvalue weighted by atomic mass is 9.77. The number of carbonyl (C=O) groups is 1. The smallest absolute Gasteiger partial charge is 0.273 e. The number of nitrogens with zero attached hydrogens (tertiary/aromatic N) is 3. The first-order valence-electron chi connectivity index (χ1n) is 7.22. The molecule has 2 aromatic heterocycles. The van der Waals surface area contributed by atoms with Gasteiger partial charge in [-0.3, -0.25) is 4.79 Å². The average molecular weight is 300 g/mol. The number of hydrogen-bond acceptors (Lipinski definition) is 5. The molecule has 0 radical (unpaired) electrons. The average Bonchev–Trinajstić information content (AvgIpc) is 3.05. The Bertz CT molecular complexity index is 645. The van der Waals surface area contributed by atoms with Crippen molar-refractivity contribution in [3.8, 4) is 0 Å². The van der Waals surface area contributed by atoms with Crippen LogP contribution in [-0.2, 0) is 0 Å². The van der Waals surface area contributed by atoms with Crippen molar-refractivity contribution in [3.63, 3.8) is 0 Å². The Morgan fingerprint density at radius 3 is 2.76 bits per heavy atom. The van der Waals surface area contributed by atoms with Gasteiger partial charge in [-0.2, -0.15) is 0 Å². The summed E-state index contributed by atoms with van der Waals surface area (Å²) < 4.78 is 0. The van der Waals surface area contributed by atoms with Crippen LogP contribution in [0.3, 0.4) is 0 Å². The van der Waals surface area contributed by atoms with Crippen LogP contribution in [0.5, 0.6) is 0 Å². The van der Waals surface area contributed by atoms with Crippen LogP contribution in [-0.4, -0.2) is 33.9 Å². The van der Waals surface area contributed by atoms with Crippen molar-refractivity contribution in [2.75, 3.05) is 18.4 Å². The van der Waals surface area contributed by atoms with Crippen LogP contribution in [0.2, 0.25) is 0 Å². The monoisotopic (exact) mass is 300 g/mol. The van der Waals surface area contributed by atoms with E-state index in [1.807, 2.05) is 28.5 Å². The topological polar surface area (TPSA) is 58.1 Å². The highest BCUT2D eigenvalue weighted by atomic mass is 32.1. The molecule has 1 saturated carbocycles. The van der Waals surface area contributed by atoms with E-state index in [0.29, 0.717) is 10.8 Å². The number of rotatable bonds is 3. The van der Waals surface area contributed by atoms with Crippen LogP contribution in [0.15, 0.2) is 29.8 Å². The molecular weight excluding hydrogens is 284 g/mol. The van der Waals surface area contributed by atoms with E-state index in [1.165, 1.54) is 24.2 Å². The van der Waals surface area contributed by atoms with E-state index in [4.69, 9.17) is 0 Å². The lowest BCUT2D eigenvalue weighted by molar-refractivity contribution is 0.0782. The minimum absolute atomic E-state index is 0.0646. The molecule has 0 unspecified atom stereocenters. The van der Waals surface area contributed by atoms with Crippen molar-refractivity contribution >= 4 is 28.2 Å². The first-order chi connectivity index (χ1) is 10.3. The van der Waals surface area contributed by atoms with Crippen LogP contribution in [0.4, 0.5) is 10.9 Å². The number of fused-ring (bicyclic) bond motifs is 1. The fraction of sp³-hybridized carbons (Fsp3) is 0.400. The number of thiazole rings is 1. The van der Waals surface area contributed by atoms with Gasteiger partial charge in [-0.1, -0.05) is 6.07 Å². The predicted molar refractivity (Wildman–Crippen MR) is 81.8 cm³/mol. The SMILES string of the molecule is O=C(c1csc(Nc2ccccn2)n1)N1C[C@H]2CC[C@H]2C1. The number of amides is 1. The third kappa shape index (κ3) is 2.40. The van der Waals surface area contributed by atoms with Gasteiger partial charge in [0.25, 0.3) is 5.91 Å². The Labute approximate surface area is 127 Å². The van der Waals surface area contributed by atoms with Gasteiger partial charge in [0, 0.05) is 24.7 Å². The van der Waals surface area contributed by atoms with Gasteiger partial charge >= 0.3 is 0 Å². The molecule has 1 saturated heterocycles. The number of anilines is 2. The molecule has 1 aliphatic heterocycles. The highest BCUT2D eigenvalue weighted by Crippen LogP contribution is 2.40. The van der Waals surface area contributed by atoms with E-state index in [-0.39, 0.29) is 5.91 Å². The molecular formula is C15H16N4OS. The van der Waals surface area contributed by atoms with E-state index in [0.717, 1.165) is 30.7 Å². The number of pyridine rings is 1. The molecule has 2 atom stereocenters. The van der Waals surface area contributed by atoms with Crippen molar-refractivity contribution in [2.24, 2.45) is 11.8 Å². The molecule has 2 aromatic rings. The molecule has 2 aliphatic rings. The molecule has 21 heavy (non-hydrogen) atoms. The Hall–Kier alpha value is -1.95. The summed E-state index contributed by atoms with van der Waals surface area (Å²) in [5, 5.41) is 5.66. The van der Waals surface area contributed by atoms with Crippen LogP contribution in [0.25, 0.3) is 0 Å². The van der Waals surface area contributed by atoms with Gasteiger partial charge in [0.15, 0.2) is 5.13 Å². The zero-order valence-corrected chi connectivity index (χ0v) is 12.3. The van der Waals surface area contributed by atoms with Gasteiger partial charge in [-0.25, -0.2) is 9.97 Å². The van der Waals surface area contributed by atoms with Gasteiger partial charge < -0.3 is 10.2 Å². The summed E-state index contributed by atoms with van der Waals surface area (Å²) >= 11 is 1.44. The van der Waals surface area contributed by atoms with Gasteiger partial charge in [0.2, 0.25) is 0 Å². The highest BCUT2D eigenvalue weighted by molar-refractivity contribution is 7.14. The number of hydrogen-bond donors (Lipinski definition) is 1. The van der Waals surface area contributed by atoms with Gasteiger partial charge in [0.05, 0.1) is 0 Å². The summed E-state index contributed by atoms with van der Waals surface area (Å²) in [7, 11) is 0. The fourth-order valence-electron chi connectivity index (χ4n) is 3.06. The molecule has 6 heteroatoms. The van der Waals surface area contributed by atoms with Crippen molar-refractivity contribution in [1.82, 2.24) is 14.9 Å². The van der Waals surface area contributed by atoms with Gasteiger partial charge in [-0.05, 0) is 36.8 Å². The number of nitrogens with one attached hydrogen (secondary N) is 1. The normalized spacial score (nSPS) is 23.5. The molecule has 5 nitrogen and oxygen atoms in total. The number of carbonyl (C=O) groups excluding carboxylic acids is 1. The molecule has 0 bridgehead atoms. The maximum absolute atomic E-state index is 12.5. The molecule has 1 N–H and O–H groups in total. The Balaban J connectivity index is 1.45. The van der Waals surface area contributed by atoms with Crippen molar-refractivity contribution in [3.05, 3.63) is 35.5 Å². The zero-order valence-electron chi connectivity index (χ0n) is 11.5. The van der Waals surface area contributed by atoms with Gasteiger partial charge in [0.1, 0.15) is 11.5 Å². The van der Waals surface area contributed by atoms with E-state index >= 15 is 0 Å². The molecule has 108 valence electrons. The minimum atomic E-state index is 0.0646. The summed E-state index contributed by atoms with van der Waals surface area (Å²) in [6.07, 6.45) is 4.28. The van der Waals surface area contributed by atoms with E-state index in [1.54, 1.807) is 6.20 Å². The van der Waals surface area contributed by atoms with Gasteiger partial charge in [-0.15, -0.1) is 11.3 Å². The third-order valence-corrected chi connectivity index (χ3v) is 5.15. The van der Waals surface area contributed by atoms with Crippen molar-refractivity contribution in [1.29, 1.82) is 0 Å². The largest absolute Gasteiger partial charge is 0.337 e. The van der Waals surface area contributed by atoms with Crippen molar-refractivity contribution < 1.29 is 4.79 Å². The summed E-state index contributed by atoms with van der Waals surface area (Å²) in [6.45, 7) is 1.81. The summed E-state index contributed by atoms with van der Waals surface area (Å²) in [4.78, 5) is 23.0. The zero-order chi connectivity index (χ0) is 14.2. The number of aromatic nitrogens is 2. The molecule has 3 heterocycles. The highest BCUT2D eigenvalue weighted by Gasteiger charge is 2.41. The van der Waals surface area contributed by atoms with Crippen molar-refractivity contribution in [2.45, 2.75) is 12.8 Å². The Kier molecular flexibility index (Phi) is 3.11. The van der Waals surface area contributed by atoms with E-state index < -0.39 is 0 Å². The van der Waals surface area contributed by atoms with Crippen LogP contribution in [0, 0.1) is 11.8 Å². The lowest BCUT2D eigenvalue weighted by Crippen LogP contribution is -2.28. The predicted octanol–water partition coefficient (Wildman–Crippen LogP) is 2.76. The summed E-state index contributed by atoms with van der Waals surface area (Å²) in [5.74, 6) is 2.28. The van der Waals surface area contributed by atoms with Crippen LogP contribution in [0.1, 0.15) is 23.3 Å². The summed E-state index contributed by atoms with van der Waals surface area (Å²) in [5.41, 5.74) is 0.541. The maximum Gasteiger partial charge on any atom is 0.273 e. The second-order valence-corrected chi connectivity index (χ2v) is 6.54. The first kappa shape index (κ1) is 12.8. The molecule has 1 aliphatic carbocycles. The third-order valence-electron chi connectivity index (χ3n) is 4.40. The first-order valence-corrected chi connectivity index (χ1v) is 8.10. The Morgan fingerprint density at radius 2 is 2.10 bits per heavy atom. The quantitative estimate of drug-likeness (QED) is 0.947. The second-order valence-electron chi connectivity index (χ2n) is 5.69. The van der Waals surface area contributed by atoms with Crippen LogP contribution < -0.4 is 5.32 Å². The Morgan fingerprint density at radius 1 is 1.29 bits per heavy atom. The minimum Gasteiger partial charge on any atom is -0.337 e. The van der Waals surface area contributed by atoms with E-state index in [2.05, 4.69) is 15.3 Å². The van der Waals surface area contributed by atoms with Crippen LogP contribution >= 0.6 is 11.3 Å². The number of likely N-dealkylation sites (tertiary alicyclic amines) is 1. The summed E-state index contributed by atoms with van der Waals surface area (Å²) in [6, 6.07) is 5.65.